The topological polar surface area (TPSA) is 77.2 Å². The second kappa shape index (κ2) is 8.49. The number of hydrogen-bond donors (Lipinski definition) is 1. The highest BCUT2D eigenvalue weighted by atomic mass is 32.1. The Morgan fingerprint density at radius 2 is 2.19 bits per heavy atom. The molecule has 6 nitrogen and oxygen atoms in total. The molecule has 2 aromatic heterocycles. The molecule has 140 valence electrons. The summed E-state index contributed by atoms with van der Waals surface area (Å²) in [6.45, 7) is 5.91. The molecule has 0 atom stereocenters. The van der Waals surface area contributed by atoms with E-state index in [0.29, 0.717) is 10.8 Å². The summed E-state index contributed by atoms with van der Waals surface area (Å²) in [6, 6.07) is 0.258. The highest BCUT2D eigenvalue weighted by Crippen LogP contribution is 2.29. The average Bonchev–Trinajstić information content (AvgIpc) is 3.10. The number of nitrogens with zero attached hydrogens (tertiary/aromatic N) is 2. The van der Waals surface area contributed by atoms with Crippen LogP contribution in [0, 0.1) is 13.8 Å². The summed E-state index contributed by atoms with van der Waals surface area (Å²) >= 11 is 1.36. The molecule has 3 rings (SSSR count). The molecule has 1 saturated carbocycles. The maximum atomic E-state index is 11.9. The maximum absolute atomic E-state index is 11.9. The van der Waals surface area contributed by atoms with Crippen LogP contribution in [0.3, 0.4) is 0 Å². The van der Waals surface area contributed by atoms with Gasteiger partial charge in [-0.05, 0) is 58.1 Å². The van der Waals surface area contributed by atoms with Crippen molar-refractivity contribution in [3.05, 3.63) is 27.7 Å². The van der Waals surface area contributed by atoms with E-state index in [-0.39, 0.29) is 6.04 Å². The third kappa shape index (κ3) is 4.52. The van der Waals surface area contributed by atoms with E-state index in [1.165, 1.54) is 17.8 Å². The highest BCUT2D eigenvalue weighted by Gasteiger charge is 2.21. The van der Waals surface area contributed by atoms with Crippen molar-refractivity contribution in [3.8, 4) is 5.06 Å². The number of carbonyl (C=O) groups excluding carboxylic acids is 1. The van der Waals surface area contributed by atoms with Crippen LogP contribution in [-0.2, 0) is 6.42 Å². The van der Waals surface area contributed by atoms with Gasteiger partial charge in [0.15, 0.2) is 0 Å². The van der Waals surface area contributed by atoms with Crippen molar-refractivity contribution < 1.29 is 14.1 Å². The van der Waals surface area contributed by atoms with Crippen LogP contribution in [0.5, 0.6) is 5.06 Å². The molecule has 1 N–H and O–H groups in total. The van der Waals surface area contributed by atoms with E-state index >= 15 is 0 Å². The SMILES string of the molecule is CCCCc1noc(C)c1/C=C/c1nc(C)c(OC(=O)NC2CCC2)s1. The number of carbonyl (C=O) groups is 1. The van der Waals surface area contributed by atoms with Gasteiger partial charge in [0.2, 0.25) is 5.06 Å². The third-order valence-electron chi connectivity index (χ3n) is 4.53. The van der Waals surface area contributed by atoms with Gasteiger partial charge >= 0.3 is 6.09 Å². The Bertz CT molecular complexity index is 790. The van der Waals surface area contributed by atoms with Crippen molar-refractivity contribution in [1.82, 2.24) is 15.5 Å². The lowest BCUT2D eigenvalue weighted by molar-refractivity contribution is 0.189. The quantitative estimate of drug-likeness (QED) is 0.744. The van der Waals surface area contributed by atoms with E-state index in [0.717, 1.165) is 54.1 Å². The van der Waals surface area contributed by atoms with E-state index in [2.05, 4.69) is 22.4 Å². The van der Waals surface area contributed by atoms with Gasteiger partial charge in [-0.3, -0.25) is 0 Å². The molecular formula is C19H25N3O3S. The summed E-state index contributed by atoms with van der Waals surface area (Å²) in [7, 11) is 0. The van der Waals surface area contributed by atoms with Gasteiger partial charge in [0, 0.05) is 11.6 Å². The predicted octanol–water partition coefficient (Wildman–Crippen LogP) is 4.90. The zero-order valence-electron chi connectivity index (χ0n) is 15.5. The minimum atomic E-state index is -0.395. The van der Waals surface area contributed by atoms with Gasteiger partial charge in [0.05, 0.1) is 11.4 Å². The number of amides is 1. The fraction of sp³-hybridized carbons (Fsp3) is 0.526. The van der Waals surface area contributed by atoms with E-state index in [4.69, 9.17) is 9.26 Å². The van der Waals surface area contributed by atoms with Crippen molar-refractivity contribution in [3.63, 3.8) is 0 Å². The zero-order chi connectivity index (χ0) is 18.5. The number of nitrogens with one attached hydrogen (secondary N) is 1. The van der Waals surface area contributed by atoms with Crippen molar-refractivity contribution in [2.75, 3.05) is 0 Å². The largest absolute Gasteiger partial charge is 0.413 e. The number of aromatic nitrogens is 2. The van der Waals surface area contributed by atoms with Crippen molar-refractivity contribution in [2.24, 2.45) is 0 Å². The van der Waals surface area contributed by atoms with Gasteiger partial charge < -0.3 is 14.6 Å². The van der Waals surface area contributed by atoms with E-state index in [9.17, 15) is 4.79 Å². The van der Waals surface area contributed by atoms with Crippen LogP contribution in [0.15, 0.2) is 4.52 Å². The molecular weight excluding hydrogens is 350 g/mol. The van der Waals surface area contributed by atoms with Crippen LogP contribution in [-0.4, -0.2) is 22.3 Å². The summed E-state index contributed by atoms with van der Waals surface area (Å²) < 4.78 is 10.7. The molecule has 7 heteroatoms. The maximum Gasteiger partial charge on any atom is 0.413 e. The predicted molar refractivity (Wildman–Crippen MR) is 102 cm³/mol. The number of hydrogen-bond acceptors (Lipinski definition) is 6. The Labute approximate surface area is 157 Å². The lowest BCUT2D eigenvalue weighted by Crippen LogP contribution is -2.40. The van der Waals surface area contributed by atoms with Gasteiger partial charge in [-0.15, -0.1) is 0 Å². The molecule has 2 heterocycles. The summed E-state index contributed by atoms with van der Waals surface area (Å²) in [4.78, 5) is 16.4. The monoisotopic (exact) mass is 375 g/mol. The van der Waals surface area contributed by atoms with E-state index in [1.54, 1.807) is 0 Å². The third-order valence-corrected chi connectivity index (χ3v) is 5.53. The van der Waals surface area contributed by atoms with Crippen molar-refractivity contribution in [1.29, 1.82) is 0 Å². The summed E-state index contributed by atoms with van der Waals surface area (Å²) in [5.41, 5.74) is 2.70. The smallest absolute Gasteiger partial charge is 0.397 e. The average molecular weight is 375 g/mol. The van der Waals surface area contributed by atoms with Gasteiger partial charge in [0.25, 0.3) is 0 Å². The Morgan fingerprint density at radius 3 is 2.88 bits per heavy atom. The number of ether oxygens (including phenoxy) is 1. The molecule has 0 aromatic carbocycles. The lowest BCUT2D eigenvalue weighted by Gasteiger charge is -2.25. The molecule has 1 aliphatic rings. The van der Waals surface area contributed by atoms with Crippen LogP contribution < -0.4 is 10.1 Å². The van der Waals surface area contributed by atoms with Crippen LogP contribution in [0.1, 0.15) is 66.7 Å². The molecule has 0 saturated heterocycles. The molecule has 1 amide bonds. The molecule has 0 radical (unpaired) electrons. The first-order valence-electron chi connectivity index (χ1n) is 9.15. The zero-order valence-corrected chi connectivity index (χ0v) is 16.3. The van der Waals surface area contributed by atoms with Crippen molar-refractivity contribution >= 4 is 29.6 Å². The minimum absolute atomic E-state index is 0.258. The van der Waals surface area contributed by atoms with E-state index < -0.39 is 6.09 Å². The number of thiazole rings is 1. The summed E-state index contributed by atoms with van der Waals surface area (Å²) in [6.07, 6.45) is 9.83. The standard InChI is InChI=1S/C19H25N3O3S/c1-4-5-9-16-15(13(3)25-22-16)10-11-17-20-12(2)18(26-17)24-19(23)21-14-7-6-8-14/h10-11,14H,4-9H2,1-3H3,(H,21,23)/b11-10+. The Kier molecular flexibility index (Phi) is 6.08. The summed E-state index contributed by atoms with van der Waals surface area (Å²) in [5, 5.41) is 8.34. The number of unbranched alkanes of at least 4 members (excludes halogenated alkanes) is 1. The fourth-order valence-corrected chi connectivity index (χ4v) is 3.54. The van der Waals surface area contributed by atoms with Gasteiger partial charge in [-0.1, -0.05) is 29.8 Å². The van der Waals surface area contributed by atoms with Gasteiger partial charge in [0.1, 0.15) is 10.8 Å². The van der Waals surface area contributed by atoms with Gasteiger partial charge in [-0.25, -0.2) is 9.78 Å². The normalized spacial score (nSPS) is 14.6. The summed E-state index contributed by atoms with van der Waals surface area (Å²) in [5.74, 6) is 0.803. The minimum Gasteiger partial charge on any atom is -0.397 e. The number of aryl methyl sites for hydroxylation is 3. The molecule has 1 aliphatic carbocycles. The first-order chi connectivity index (χ1) is 12.6. The second-order valence-electron chi connectivity index (χ2n) is 6.62. The Hall–Kier alpha value is -2.15. The molecule has 0 bridgehead atoms. The molecule has 26 heavy (non-hydrogen) atoms. The number of rotatable bonds is 7. The van der Waals surface area contributed by atoms with Gasteiger partial charge in [-0.2, -0.15) is 0 Å². The van der Waals surface area contributed by atoms with Crippen molar-refractivity contribution in [2.45, 2.75) is 65.3 Å². The molecule has 2 aromatic rings. The molecule has 0 unspecified atom stereocenters. The molecule has 1 fully saturated rings. The Morgan fingerprint density at radius 1 is 1.38 bits per heavy atom. The lowest BCUT2D eigenvalue weighted by atomic mass is 9.93. The molecule has 0 spiro atoms. The highest BCUT2D eigenvalue weighted by molar-refractivity contribution is 7.14. The van der Waals surface area contributed by atoms with Crippen LogP contribution in [0.25, 0.3) is 12.2 Å². The van der Waals surface area contributed by atoms with Crippen LogP contribution in [0.4, 0.5) is 4.79 Å². The van der Waals surface area contributed by atoms with Crippen LogP contribution in [0.2, 0.25) is 0 Å². The fourth-order valence-electron chi connectivity index (χ4n) is 2.72. The Balaban J connectivity index is 1.66. The van der Waals surface area contributed by atoms with Crippen LogP contribution >= 0.6 is 11.3 Å². The molecule has 0 aliphatic heterocycles. The first-order valence-corrected chi connectivity index (χ1v) is 9.97. The van der Waals surface area contributed by atoms with E-state index in [1.807, 2.05) is 26.0 Å². The second-order valence-corrected chi connectivity index (χ2v) is 7.62. The first kappa shape index (κ1) is 18.6.